The van der Waals surface area contributed by atoms with Crippen molar-refractivity contribution in [3.63, 3.8) is 0 Å². The molecule has 0 radical (unpaired) electrons. The van der Waals surface area contributed by atoms with Gasteiger partial charge in [-0.15, -0.1) is 12.3 Å². The zero-order valence-corrected chi connectivity index (χ0v) is 21.9. The number of benzene rings is 2. The Morgan fingerprint density at radius 1 is 1.06 bits per heavy atom. The van der Waals surface area contributed by atoms with Gasteiger partial charge in [-0.2, -0.15) is 0 Å². The first kappa shape index (κ1) is 27.2. The summed E-state index contributed by atoms with van der Waals surface area (Å²) in [5.74, 6) is 3.28. The molecule has 1 N–H and O–H groups in total. The van der Waals surface area contributed by atoms with Crippen molar-refractivity contribution in [1.29, 1.82) is 0 Å². The first-order valence-electron chi connectivity index (χ1n) is 12.9. The Balaban J connectivity index is 1.56. The smallest absolute Gasteiger partial charge is 0.193 e. The van der Waals surface area contributed by atoms with Crippen LogP contribution in [0.5, 0.6) is 0 Å². The molecule has 4 nitrogen and oxygen atoms in total. The molecule has 0 aliphatic heterocycles. The van der Waals surface area contributed by atoms with E-state index in [1.807, 2.05) is 25.1 Å². The molecule has 188 valence electrons. The summed E-state index contributed by atoms with van der Waals surface area (Å²) >= 11 is 0. The van der Waals surface area contributed by atoms with Crippen molar-refractivity contribution in [1.82, 2.24) is 5.32 Å². The van der Waals surface area contributed by atoms with Gasteiger partial charge in [0.25, 0.3) is 0 Å². The third-order valence-corrected chi connectivity index (χ3v) is 10.1. The summed E-state index contributed by atoms with van der Waals surface area (Å²) in [5.41, 5.74) is 1.09. The van der Waals surface area contributed by atoms with Gasteiger partial charge in [-0.05, 0) is 82.2 Å². The summed E-state index contributed by atoms with van der Waals surface area (Å²) < 4.78 is 26.2. The predicted molar refractivity (Wildman–Crippen MR) is 143 cm³/mol. The van der Waals surface area contributed by atoms with E-state index in [1.165, 1.54) is 19.3 Å². The first-order chi connectivity index (χ1) is 16.8. The molecule has 35 heavy (non-hydrogen) atoms. The second-order valence-electron chi connectivity index (χ2n) is 10.1. The Bertz CT molecular complexity index is 1090. The molecule has 1 aliphatic rings. The molecule has 3 rings (SSSR count). The van der Waals surface area contributed by atoms with Crippen molar-refractivity contribution in [3.8, 4) is 12.3 Å². The highest BCUT2D eigenvalue weighted by atomic mass is 32.2. The second-order valence-corrected chi connectivity index (χ2v) is 12.6. The van der Waals surface area contributed by atoms with Crippen LogP contribution in [0.25, 0.3) is 0 Å². The molecule has 1 atom stereocenters. The number of hydrogen-bond donors (Lipinski definition) is 1. The van der Waals surface area contributed by atoms with E-state index in [1.54, 1.807) is 36.4 Å². The predicted octanol–water partition coefficient (Wildman–Crippen LogP) is 6.20. The van der Waals surface area contributed by atoms with Crippen molar-refractivity contribution in [2.75, 3.05) is 6.54 Å². The largest absolute Gasteiger partial charge is 0.314 e. The zero-order valence-electron chi connectivity index (χ0n) is 21.1. The number of carbonyl (C=O) groups is 1. The van der Waals surface area contributed by atoms with E-state index < -0.39 is 14.6 Å². The number of unbranched alkanes of at least 4 members (excludes halogenated alkanes) is 1. The number of hydrogen-bond acceptors (Lipinski definition) is 4. The van der Waals surface area contributed by atoms with Crippen LogP contribution in [0, 0.1) is 18.3 Å². The first-order valence-corrected chi connectivity index (χ1v) is 14.4. The molecule has 0 saturated heterocycles. The number of ketones is 1. The Kier molecular flexibility index (Phi) is 9.71. The van der Waals surface area contributed by atoms with Crippen LogP contribution in [-0.4, -0.2) is 31.5 Å². The van der Waals surface area contributed by atoms with E-state index in [0.29, 0.717) is 40.8 Å². The Morgan fingerprint density at radius 3 is 2.29 bits per heavy atom. The van der Waals surface area contributed by atoms with Gasteiger partial charge in [0.05, 0.1) is 9.64 Å². The fraction of sp³-hybridized carbons (Fsp3) is 0.500. The minimum Gasteiger partial charge on any atom is -0.314 e. The van der Waals surface area contributed by atoms with E-state index in [2.05, 4.69) is 18.2 Å². The second kappa shape index (κ2) is 12.5. The van der Waals surface area contributed by atoms with Gasteiger partial charge in [0.15, 0.2) is 15.6 Å². The van der Waals surface area contributed by atoms with E-state index in [9.17, 15) is 13.2 Å². The molecule has 0 bridgehead atoms. The molecule has 0 spiro atoms. The van der Waals surface area contributed by atoms with Gasteiger partial charge in [-0.25, -0.2) is 8.42 Å². The average molecular weight is 494 g/mol. The van der Waals surface area contributed by atoms with Gasteiger partial charge in [0.1, 0.15) is 0 Å². The maximum Gasteiger partial charge on any atom is 0.193 e. The molecular weight excluding hydrogens is 454 g/mol. The Morgan fingerprint density at radius 2 is 1.69 bits per heavy atom. The standard InChI is InChI=1S/C30H39NO3S/c1-4-6-11-24(10-5-2)20-23-31-27-18-21-30(3,22-19-27)35(33,34)28-16-14-26(15-17-28)29(32)25-12-8-7-9-13-25/h2,7-9,12-17,24,27,31H,4,6,10-11,18-23H2,1,3H3. The lowest BCUT2D eigenvalue weighted by Crippen LogP contribution is -2.44. The minimum atomic E-state index is -3.50. The lowest BCUT2D eigenvalue weighted by Gasteiger charge is -2.37. The van der Waals surface area contributed by atoms with Gasteiger partial charge in [-0.3, -0.25) is 4.79 Å². The summed E-state index contributed by atoms with van der Waals surface area (Å²) in [5, 5.41) is 3.65. The van der Waals surface area contributed by atoms with Crippen LogP contribution in [0.4, 0.5) is 0 Å². The summed E-state index contributed by atoms with van der Waals surface area (Å²) in [6.07, 6.45) is 14.0. The molecule has 1 saturated carbocycles. The summed E-state index contributed by atoms with van der Waals surface area (Å²) in [7, 11) is -3.50. The van der Waals surface area contributed by atoms with Gasteiger partial charge in [-0.1, -0.05) is 50.1 Å². The maximum atomic E-state index is 13.5. The highest BCUT2D eigenvalue weighted by Gasteiger charge is 2.43. The fourth-order valence-corrected chi connectivity index (χ4v) is 6.86. The van der Waals surface area contributed by atoms with Crippen molar-refractivity contribution in [2.45, 2.75) is 87.3 Å². The van der Waals surface area contributed by atoms with Crippen molar-refractivity contribution in [3.05, 3.63) is 65.7 Å². The summed E-state index contributed by atoms with van der Waals surface area (Å²) in [6.45, 7) is 5.01. The molecule has 1 aliphatic carbocycles. The lowest BCUT2D eigenvalue weighted by atomic mass is 9.86. The number of carbonyl (C=O) groups excluding carboxylic acids is 1. The molecule has 2 aromatic rings. The maximum absolute atomic E-state index is 13.5. The minimum absolute atomic E-state index is 0.105. The molecule has 1 unspecified atom stereocenters. The van der Waals surface area contributed by atoms with Crippen LogP contribution in [0.3, 0.4) is 0 Å². The van der Waals surface area contributed by atoms with Crippen LogP contribution < -0.4 is 5.32 Å². The molecule has 5 heteroatoms. The van der Waals surface area contributed by atoms with Gasteiger partial charge >= 0.3 is 0 Å². The van der Waals surface area contributed by atoms with Crippen molar-refractivity contribution in [2.24, 2.45) is 5.92 Å². The Hall–Kier alpha value is -2.42. The SMILES string of the molecule is C#CCC(CCCC)CCNC1CCC(C)(S(=O)(=O)c2ccc(C(=O)c3ccccc3)cc2)CC1. The number of nitrogens with one attached hydrogen (secondary N) is 1. The average Bonchev–Trinajstić information content (AvgIpc) is 2.88. The normalized spacial score (nSPS) is 21.2. The van der Waals surface area contributed by atoms with Crippen molar-refractivity contribution >= 4 is 15.6 Å². The summed E-state index contributed by atoms with van der Waals surface area (Å²) in [6, 6.07) is 15.8. The van der Waals surface area contributed by atoms with Gasteiger partial charge in [0.2, 0.25) is 0 Å². The summed E-state index contributed by atoms with van der Waals surface area (Å²) in [4.78, 5) is 13.0. The third-order valence-electron chi connectivity index (χ3n) is 7.51. The third kappa shape index (κ3) is 6.84. The van der Waals surface area contributed by atoms with Crippen LogP contribution >= 0.6 is 0 Å². The molecule has 0 heterocycles. The zero-order chi connectivity index (χ0) is 25.3. The van der Waals surface area contributed by atoms with E-state index in [4.69, 9.17) is 6.42 Å². The molecule has 0 aromatic heterocycles. The van der Waals surface area contributed by atoms with Crippen molar-refractivity contribution < 1.29 is 13.2 Å². The van der Waals surface area contributed by atoms with Crippen LogP contribution in [-0.2, 0) is 9.84 Å². The van der Waals surface area contributed by atoms with Gasteiger partial charge in [0, 0.05) is 23.6 Å². The highest BCUT2D eigenvalue weighted by Crippen LogP contribution is 2.39. The van der Waals surface area contributed by atoms with E-state index >= 15 is 0 Å². The lowest BCUT2D eigenvalue weighted by molar-refractivity contribution is 0.103. The monoisotopic (exact) mass is 493 g/mol. The van der Waals surface area contributed by atoms with Crippen LogP contribution in [0.1, 0.15) is 87.6 Å². The quantitative estimate of drug-likeness (QED) is 0.282. The number of rotatable bonds is 12. The van der Waals surface area contributed by atoms with Crippen LogP contribution in [0.2, 0.25) is 0 Å². The molecular formula is C30H39NO3S. The highest BCUT2D eigenvalue weighted by molar-refractivity contribution is 7.92. The fourth-order valence-electron chi connectivity index (χ4n) is 5.03. The van der Waals surface area contributed by atoms with Crippen LogP contribution in [0.15, 0.2) is 59.5 Å². The molecule has 0 amide bonds. The van der Waals surface area contributed by atoms with E-state index in [-0.39, 0.29) is 5.78 Å². The Labute approximate surface area is 211 Å². The van der Waals surface area contributed by atoms with E-state index in [0.717, 1.165) is 32.2 Å². The number of terminal acetylenes is 1. The van der Waals surface area contributed by atoms with Gasteiger partial charge < -0.3 is 5.32 Å². The number of sulfone groups is 1. The molecule has 1 fully saturated rings. The molecule has 2 aromatic carbocycles. The topological polar surface area (TPSA) is 63.2 Å².